The second kappa shape index (κ2) is 3.30. The molecule has 0 aromatic heterocycles. The van der Waals surface area contributed by atoms with Gasteiger partial charge in [0.1, 0.15) is 5.82 Å². The number of hydrogen-bond acceptors (Lipinski definition) is 1. The molecule has 2 aromatic rings. The number of fused-ring (bicyclic) bond motifs is 3. The molecule has 1 nitrogen and oxygen atoms in total. The van der Waals surface area contributed by atoms with Crippen LogP contribution in [-0.4, -0.2) is 0 Å². The van der Waals surface area contributed by atoms with Crippen LogP contribution in [0.15, 0.2) is 36.4 Å². The van der Waals surface area contributed by atoms with E-state index in [0.717, 1.165) is 16.7 Å². The zero-order valence-electron chi connectivity index (χ0n) is 8.37. The minimum Gasteiger partial charge on any atom is -0.320 e. The molecule has 80 valence electrons. The highest BCUT2D eigenvalue weighted by molar-refractivity contribution is 6.33. The molecule has 0 spiro atoms. The Morgan fingerprint density at radius 3 is 2.38 bits per heavy atom. The van der Waals surface area contributed by atoms with E-state index in [1.807, 2.05) is 18.2 Å². The van der Waals surface area contributed by atoms with E-state index < -0.39 is 0 Å². The summed E-state index contributed by atoms with van der Waals surface area (Å²) in [7, 11) is 0. The SMILES string of the molecule is NC1c2cccc(F)c2-c2c(Cl)cccc21. The zero-order valence-corrected chi connectivity index (χ0v) is 9.13. The van der Waals surface area contributed by atoms with Crippen LogP contribution in [0.5, 0.6) is 0 Å². The zero-order chi connectivity index (χ0) is 11.3. The third-order valence-electron chi connectivity index (χ3n) is 3.01. The van der Waals surface area contributed by atoms with E-state index in [1.165, 1.54) is 6.07 Å². The second-order valence-corrected chi connectivity index (χ2v) is 4.29. The van der Waals surface area contributed by atoms with Crippen LogP contribution in [0.1, 0.15) is 17.2 Å². The molecular weight excluding hydrogens is 225 g/mol. The van der Waals surface area contributed by atoms with Gasteiger partial charge in [-0.05, 0) is 23.3 Å². The molecule has 16 heavy (non-hydrogen) atoms. The first kappa shape index (κ1) is 9.82. The standard InChI is InChI=1S/C13H9ClFN/c14-9-5-1-3-7-11(9)12-8(13(7)16)4-2-6-10(12)15/h1-6,13H,16H2. The monoisotopic (exact) mass is 233 g/mol. The van der Waals surface area contributed by atoms with Gasteiger partial charge in [0.2, 0.25) is 0 Å². The summed E-state index contributed by atoms with van der Waals surface area (Å²) in [5, 5.41) is 0.553. The van der Waals surface area contributed by atoms with Crippen LogP contribution >= 0.6 is 11.6 Å². The van der Waals surface area contributed by atoms with Gasteiger partial charge in [0.25, 0.3) is 0 Å². The van der Waals surface area contributed by atoms with Gasteiger partial charge < -0.3 is 5.73 Å². The second-order valence-electron chi connectivity index (χ2n) is 3.89. The first-order valence-electron chi connectivity index (χ1n) is 5.03. The Labute approximate surface area is 97.7 Å². The highest BCUT2D eigenvalue weighted by Gasteiger charge is 2.29. The van der Waals surface area contributed by atoms with Crippen molar-refractivity contribution in [2.24, 2.45) is 5.73 Å². The van der Waals surface area contributed by atoms with Gasteiger partial charge in [-0.3, -0.25) is 0 Å². The van der Waals surface area contributed by atoms with Gasteiger partial charge in [-0.2, -0.15) is 0 Å². The molecule has 2 N–H and O–H groups in total. The largest absolute Gasteiger partial charge is 0.320 e. The summed E-state index contributed by atoms with van der Waals surface area (Å²) in [6, 6.07) is 10.2. The van der Waals surface area contributed by atoms with Crippen molar-refractivity contribution in [2.75, 3.05) is 0 Å². The number of benzene rings is 2. The summed E-state index contributed by atoms with van der Waals surface area (Å²) in [6.45, 7) is 0. The number of nitrogens with two attached hydrogens (primary N) is 1. The van der Waals surface area contributed by atoms with Gasteiger partial charge in [-0.25, -0.2) is 4.39 Å². The van der Waals surface area contributed by atoms with E-state index in [4.69, 9.17) is 17.3 Å². The van der Waals surface area contributed by atoms with Gasteiger partial charge in [0.15, 0.2) is 0 Å². The molecule has 2 aromatic carbocycles. The number of rotatable bonds is 0. The number of halogens is 2. The average molecular weight is 234 g/mol. The van der Waals surface area contributed by atoms with Crippen molar-refractivity contribution in [2.45, 2.75) is 6.04 Å². The van der Waals surface area contributed by atoms with Crippen LogP contribution in [0.4, 0.5) is 4.39 Å². The lowest BCUT2D eigenvalue weighted by Crippen LogP contribution is -2.07. The lowest BCUT2D eigenvalue weighted by molar-refractivity contribution is 0.630. The maximum absolute atomic E-state index is 13.8. The van der Waals surface area contributed by atoms with E-state index in [-0.39, 0.29) is 11.9 Å². The Hall–Kier alpha value is -1.38. The predicted molar refractivity (Wildman–Crippen MR) is 62.9 cm³/mol. The molecular formula is C13H9ClFN. The molecule has 1 unspecified atom stereocenters. The Morgan fingerprint density at radius 1 is 1.00 bits per heavy atom. The number of hydrogen-bond donors (Lipinski definition) is 1. The van der Waals surface area contributed by atoms with Gasteiger partial charge in [-0.15, -0.1) is 0 Å². The molecule has 0 aliphatic heterocycles. The molecule has 1 atom stereocenters. The van der Waals surface area contributed by atoms with Gasteiger partial charge in [0, 0.05) is 16.1 Å². The van der Waals surface area contributed by atoms with E-state index in [9.17, 15) is 4.39 Å². The summed E-state index contributed by atoms with van der Waals surface area (Å²) >= 11 is 6.11. The van der Waals surface area contributed by atoms with Crippen molar-refractivity contribution in [1.29, 1.82) is 0 Å². The predicted octanol–water partition coefficient (Wildman–Crippen LogP) is 3.51. The molecule has 1 aliphatic rings. The lowest BCUT2D eigenvalue weighted by Gasteiger charge is -2.05. The molecule has 0 heterocycles. The van der Waals surface area contributed by atoms with Crippen molar-refractivity contribution >= 4 is 11.6 Å². The minimum atomic E-state index is -0.278. The normalized spacial score (nSPS) is 17.1. The fourth-order valence-corrected chi connectivity index (χ4v) is 2.57. The molecule has 3 heteroatoms. The maximum Gasteiger partial charge on any atom is 0.131 e. The van der Waals surface area contributed by atoms with Crippen LogP contribution in [0.2, 0.25) is 5.02 Å². The van der Waals surface area contributed by atoms with Crippen LogP contribution in [0.3, 0.4) is 0 Å². The summed E-state index contributed by atoms with van der Waals surface area (Å²) in [4.78, 5) is 0. The lowest BCUT2D eigenvalue weighted by atomic mass is 10.1. The topological polar surface area (TPSA) is 26.0 Å². The summed E-state index contributed by atoms with van der Waals surface area (Å²) < 4.78 is 13.8. The minimum absolute atomic E-state index is 0.264. The molecule has 0 saturated carbocycles. The fraction of sp³-hybridized carbons (Fsp3) is 0.0769. The van der Waals surface area contributed by atoms with Crippen molar-refractivity contribution in [3.05, 3.63) is 58.4 Å². The Kier molecular flexibility index (Phi) is 2.03. The van der Waals surface area contributed by atoms with Crippen molar-refractivity contribution in [3.63, 3.8) is 0 Å². The molecule has 0 saturated heterocycles. The third kappa shape index (κ3) is 1.14. The highest BCUT2D eigenvalue weighted by Crippen LogP contribution is 2.46. The molecule has 0 bridgehead atoms. The van der Waals surface area contributed by atoms with Crippen LogP contribution in [-0.2, 0) is 0 Å². The van der Waals surface area contributed by atoms with Crippen LogP contribution in [0.25, 0.3) is 11.1 Å². The average Bonchev–Trinajstić information content (AvgIpc) is 2.56. The highest BCUT2D eigenvalue weighted by atomic mass is 35.5. The van der Waals surface area contributed by atoms with Gasteiger partial charge >= 0.3 is 0 Å². The summed E-state index contributed by atoms with van der Waals surface area (Å²) in [5.41, 5.74) is 9.07. The molecule has 0 fully saturated rings. The fourth-order valence-electron chi connectivity index (χ4n) is 2.30. The maximum atomic E-state index is 13.8. The first-order valence-corrected chi connectivity index (χ1v) is 5.40. The van der Waals surface area contributed by atoms with E-state index in [0.29, 0.717) is 10.6 Å². The van der Waals surface area contributed by atoms with Crippen molar-refractivity contribution in [1.82, 2.24) is 0 Å². The molecule has 0 radical (unpaired) electrons. The summed E-state index contributed by atoms with van der Waals surface area (Å²) in [6.07, 6.45) is 0. The Morgan fingerprint density at radius 2 is 1.62 bits per heavy atom. The van der Waals surface area contributed by atoms with Gasteiger partial charge in [0.05, 0.1) is 6.04 Å². The molecule has 0 amide bonds. The molecule has 3 rings (SSSR count). The summed E-state index contributed by atoms with van der Waals surface area (Å²) in [5.74, 6) is -0.264. The van der Waals surface area contributed by atoms with E-state index in [2.05, 4.69) is 0 Å². The van der Waals surface area contributed by atoms with Crippen LogP contribution in [0, 0.1) is 5.82 Å². The van der Waals surface area contributed by atoms with Crippen molar-refractivity contribution in [3.8, 4) is 11.1 Å². The Bertz CT molecular complexity index is 529. The van der Waals surface area contributed by atoms with E-state index >= 15 is 0 Å². The van der Waals surface area contributed by atoms with Gasteiger partial charge in [-0.1, -0.05) is 35.9 Å². The molecule has 1 aliphatic carbocycles. The van der Waals surface area contributed by atoms with Crippen LogP contribution < -0.4 is 5.73 Å². The smallest absolute Gasteiger partial charge is 0.131 e. The quantitative estimate of drug-likeness (QED) is 0.741. The van der Waals surface area contributed by atoms with Crippen molar-refractivity contribution < 1.29 is 4.39 Å². The first-order chi connectivity index (χ1) is 7.70. The third-order valence-corrected chi connectivity index (χ3v) is 3.33. The Balaban J connectivity index is 2.43. The van der Waals surface area contributed by atoms with E-state index in [1.54, 1.807) is 12.1 Å².